The summed E-state index contributed by atoms with van der Waals surface area (Å²) in [4.78, 5) is 22.4. The second-order valence-electron chi connectivity index (χ2n) is 4.46. The van der Waals surface area contributed by atoms with Gasteiger partial charge in [-0.15, -0.1) is 0 Å². The van der Waals surface area contributed by atoms with Crippen LogP contribution in [0.5, 0.6) is 0 Å². The van der Waals surface area contributed by atoms with Crippen molar-refractivity contribution in [3.8, 4) is 0 Å². The smallest absolute Gasteiger partial charge is 0.339 e. The van der Waals surface area contributed by atoms with Gasteiger partial charge in [0.1, 0.15) is 22.6 Å². The van der Waals surface area contributed by atoms with E-state index in [1.807, 2.05) is 0 Å². The Morgan fingerprint density at radius 1 is 1.29 bits per heavy atom. The molecule has 0 aliphatic carbocycles. The van der Waals surface area contributed by atoms with Crippen molar-refractivity contribution in [2.45, 2.75) is 6.54 Å². The van der Waals surface area contributed by atoms with Crippen molar-refractivity contribution in [3.05, 3.63) is 53.5 Å². The molecule has 0 saturated heterocycles. The third kappa shape index (κ3) is 2.25. The lowest BCUT2D eigenvalue weighted by Gasteiger charge is -1.99. The number of furan rings is 1. The number of aromatic carboxylic acids is 1. The number of para-hydroxylation sites is 1. The van der Waals surface area contributed by atoms with Gasteiger partial charge in [0.25, 0.3) is 5.91 Å². The van der Waals surface area contributed by atoms with Gasteiger partial charge < -0.3 is 15.3 Å². The topological polar surface area (TPSA) is 111 Å². The number of benzene rings is 1. The fourth-order valence-electron chi connectivity index (χ4n) is 2.17. The highest BCUT2D eigenvalue weighted by atomic mass is 16.4. The van der Waals surface area contributed by atoms with Gasteiger partial charge in [0.05, 0.1) is 6.54 Å². The summed E-state index contributed by atoms with van der Waals surface area (Å²) in [6.45, 7) is 0.101. The largest absolute Gasteiger partial charge is 0.478 e. The molecule has 3 rings (SSSR count). The molecule has 0 spiro atoms. The molecule has 0 fully saturated rings. The second-order valence-corrected chi connectivity index (χ2v) is 4.46. The quantitative estimate of drug-likeness (QED) is 0.754. The van der Waals surface area contributed by atoms with Crippen LogP contribution < -0.4 is 5.73 Å². The molecular weight excluding hydrogens is 274 g/mol. The maximum absolute atomic E-state index is 11.4. The Hall–Kier alpha value is -3.09. The summed E-state index contributed by atoms with van der Waals surface area (Å²) in [6, 6.07) is 8.35. The van der Waals surface area contributed by atoms with Crippen LogP contribution in [0.2, 0.25) is 0 Å². The highest BCUT2D eigenvalue weighted by Crippen LogP contribution is 2.26. The van der Waals surface area contributed by atoms with Crippen molar-refractivity contribution < 1.29 is 19.1 Å². The van der Waals surface area contributed by atoms with Crippen LogP contribution >= 0.6 is 0 Å². The van der Waals surface area contributed by atoms with Gasteiger partial charge in [0.15, 0.2) is 0 Å². The van der Waals surface area contributed by atoms with Crippen LogP contribution in [0, 0.1) is 0 Å². The van der Waals surface area contributed by atoms with E-state index in [2.05, 4.69) is 5.10 Å². The zero-order valence-corrected chi connectivity index (χ0v) is 10.8. The molecule has 1 amide bonds. The lowest BCUT2D eigenvalue weighted by molar-refractivity contribution is 0.0695. The maximum Gasteiger partial charge on any atom is 0.339 e. The molecule has 0 radical (unpaired) electrons. The fourth-order valence-corrected chi connectivity index (χ4v) is 2.17. The van der Waals surface area contributed by atoms with Crippen LogP contribution in [0.15, 0.2) is 40.9 Å². The van der Waals surface area contributed by atoms with E-state index in [-0.39, 0.29) is 23.6 Å². The molecule has 0 saturated carbocycles. The van der Waals surface area contributed by atoms with Crippen molar-refractivity contribution >= 4 is 22.8 Å². The molecule has 1 aromatic carbocycles. The van der Waals surface area contributed by atoms with E-state index >= 15 is 0 Å². The van der Waals surface area contributed by atoms with E-state index in [4.69, 9.17) is 10.2 Å². The molecule has 0 atom stereocenters. The average molecular weight is 285 g/mol. The summed E-state index contributed by atoms with van der Waals surface area (Å²) in [7, 11) is 0. The van der Waals surface area contributed by atoms with Gasteiger partial charge in [0.2, 0.25) is 0 Å². The molecule has 2 aromatic heterocycles. The number of hydrogen-bond donors (Lipinski definition) is 2. The summed E-state index contributed by atoms with van der Waals surface area (Å²) >= 11 is 0. The number of amides is 1. The molecule has 7 heteroatoms. The number of primary amides is 1. The molecule has 0 aliphatic rings. The standard InChI is InChI=1S/C14H11N3O4/c15-13(18)9-5-6-17(16-9)7-11-12(14(19)20)8-3-1-2-4-10(8)21-11/h1-6H,7H2,(H2,15,18)(H,19,20). The van der Waals surface area contributed by atoms with Gasteiger partial charge in [-0.1, -0.05) is 18.2 Å². The summed E-state index contributed by atoms with van der Waals surface area (Å²) < 4.78 is 6.98. The van der Waals surface area contributed by atoms with E-state index in [9.17, 15) is 14.7 Å². The van der Waals surface area contributed by atoms with Gasteiger partial charge in [-0.2, -0.15) is 5.10 Å². The maximum atomic E-state index is 11.4. The first-order valence-corrected chi connectivity index (χ1v) is 6.13. The fraction of sp³-hybridized carbons (Fsp3) is 0.0714. The van der Waals surface area contributed by atoms with Crippen LogP contribution in [-0.2, 0) is 6.54 Å². The van der Waals surface area contributed by atoms with Crippen LogP contribution in [0.1, 0.15) is 26.6 Å². The van der Waals surface area contributed by atoms with Gasteiger partial charge in [0, 0.05) is 11.6 Å². The molecule has 3 N–H and O–H groups in total. The van der Waals surface area contributed by atoms with Crippen LogP contribution in [0.25, 0.3) is 11.0 Å². The zero-order valence-electron chi connectivity index (χ0n) is 10.8. The summed E-state index contributed by atoms with van der Waals surface area (Å²) in [5.74, 6) is -1.45. The van der Waals surface area contributed by atoms with Crippen molar-refractivity contribution in [3.63, 3.8) is 0 Å². The number of carbonyl (C=O) groups excluding carboxylic acids is 1. The molecule has 21 heavy (non-hydrogen) atoms. The first kappa shape index (κ1) is 12.9. The summed E-state index contributed by atoms with van der Waals surface area (Å²) in [6.07, 6.45) is 1.54. The number of carboxylic acid groups (broad SMARTS) is 1. The predicted molar refractivity (Wildman–Crippen MR) is 73.0 cm³/mol. The Balaban J connectivity index is 2.05. The third-order valence-electron chi connectivity index (χ3n) is 3.08. The Morgan fingerprint density at radius 2 is 2.05 bits per heavy atom. The first-order valence-electron chi connectivity index (χ1n) is 6.13. The highest BCUT2D eigenvalue weighted by Gasteiger charge is 2.20. The Bertz CT molecular complexity index is 847. The number of hydrogen-bond acceptors (Lipinski definition) is 4. The van der Waals surface area contributed by atoms with E-state index < -0.39 is 11.9 Å². The lowest BCUT2D eigenvalue weighted by Crippen LogP contribution is -2.13. The zero-order chi connectivity index (χ0) is 15.0. The number of fused-ring (bicyclic) bond motifs is 1. The van der Waals surface area contributed by atoms with Crippen LogP contribution in [-0.4, -0.2) is 26.8 Å². The van der Waals surface area contributed by atoms with Gasteiger partial charge in [-0.25, -0.2) is 4.79 Å². The Kier molecular flexibility index (Phi) is 2.94. The molecule has 7 nitrogen and oxygen atoms in total. The molecular formula is C14H11N3O4. The highest BCUT2D eigenvalue weighted by molar-refractivity contribution is 6.03. The molecule has 106 valence electrons. The summed E-state index contributed by atoms with van der Waals surface area (Å²) in [5, 5.41) is 13.9. The lowest BCUT2D eigenvalue weighted by atomic mass is 10.1. The normalized spacial score (nSPS) is 10.9. The molecule has 2 heterocycles. The minimum atomic E-state index is -1.07. The average Bonchev–Trinajstić information content (AvgIpc) is 3.02. The SMILES string of the molecule is NC(=O)c1ccn(Cc2oc3ccccc3c2C(=O)O)n1. The summed E-state index contributed by atoms with van der Waals surface area (Å²) in [5.41, 5.74) is 5.83. The van der Waals surface area contributed by atoms with Crippen molar-refractivity contribution in [1.29, 1.82) is 0 Å². The molecule has 0 bridgehead atoms. The molecule has 0 unspecified atom stereocenters. The van der Waals surface area contributed by atoms with Gasteiger partial charge >= 0.3 is 5.97 Å². The van der Waals surface area contributed by atoms with Crippen molar-refractivity contribution in [2.75, 3.05) is 0 Å². The first-order chi connectivity index (χ1) is 10.1. The van der Waals surface area contributed by atoms with E-state index in [1.165, 1.54) is 10.7 Å². The molecule has 0 aliphatic heterocycles. The molecule has 3 aromatic rings. The number of nitrogens with two attached hydrogens (primary N) is 1. The van der Waals surface area contributed by atoms with Crippen molar-refractivity contribution in [2.24, 2.45) is 5.73 Å². The van der Waals surface area contributed by atoms with E-state index in [0.717, 1.165) is 0 Å². The van der Waals surface area contributed by atoms with E-state index in [1.54, 1.807) is 30.5 Å². The number of carbonyl (C=O) groups is 2. The van der Waals surface area contributed by atoms with Gasteiger partial charge in [-0.05, 0) is 12.1 Å². The Labute approximate surface area is 118 Å². The number of carboxylic acids is 1. The number of rotatable bonds is 4. The Morgan fingerprint density at radius 3 is 2.71 bits per heavy atom. The monoisotopic (exact) mass is 285 g/mol. The van der Waals surface area contributed by atoms with Crippen LogP contribution in [0.4, 0.5) is 0 Å². The van der Waals surface area contributed by atoms with Gasteiger partial charge in [-0.3, -0.25) is 9.48 Å². The second kappa shape index (κ2) is 4.78. The number of aromatic nitrogens is 2. The number of nitrogens with zero attached hydrogens (tertiary/aromatic N) is 2. The van der Waals surface area contributed by atoms with Crippen LogP contribution in [0.3, 0.4) is 0 Å². The minimum absolute atomic E-state index is 0.0988. The third-order valence-corrected chi connectivity index (χ3v) is 3.08. The van der Waals surface area contributed by atoms with E-state index in [0.29, 0.717) is 11.0 Å². The predicted octanol–water partition coefficient (Wildman–Crippen LogP) is 1.47. The minimum Gasteiger partial charge on any atom is -0.478 e. The van der Waals surface area contributed by atoms with Crippen molar-refractivity contribution in [1.82, 2.24) is 9.78 Å².